The summed E-state index contributed by atoms with van der Waals surface area (Å²) in [5.41, 5.74) is 2.82. The van der Waals surface area contributed by atoms with Crippen LogP contribution in [0.2, 0.25) is 0 Å². The van der Waals surface area contributed by atoms with E-state index in [1.54, 1.807) is 44.6 Å². The molecule has 0 spiro atoms. The number of hydrogen-bond acceptors (Lipinski definition) is 5. The molecule has 3 aromatic carbocycles. The number of nitrogens with one attached hydrogen (secondary N) is 2. The molecular weight excluding hydrogens is 506 g/mol. The van der Waals surface area contributed by atoms with Crippen molar-refractivity contribution in [2.45, 2.75) is 50.6 Å². The highest BCUT2D eigenvalue weighted by atomic mass is 16.5. The normalized spacial score (nSPS) is 14.4. The van der Waals surface area contributed by atoms with E-state index in [-0.39, 0.29) is 30.0 Å². The van der Waals surface area contributed by atoms with Crippen LogP contribution in [0.4, 0.5) is 5.69 Å². The molecule has 1 aliphatic rings. The van der Waals surface area contributed by atoms with Gasteiger partial charge in [0.2, 0.25) is 11.8 Å². The number of rotatable bonds is 9. The molecule has 8 heteroatoms. The van der Waals surface area contributed by atoms with Gasteiger partial charge in [-0.05, 0) is 42.2 Å². The van der Waals surface area contributed by atoms with Gasteiger partial charge in [0.15, 0.2) is 0 Å². The number of anilines is 1. The first-order valence-electron chi connectivity index (χ1n) is 13.7. The van der Waals surface area contributed by atoms with Crippen LogP contribution in [0.5, 0.6) is 17.2 Å². The maximum atomic E-state index is 14.3. The summed E-state index contributed by atoms with van der Waals surface area (Å²) < 4.78 is 11.0. The number of hydrogen-bond donors (Lipinski definition) is 3. The Morgan fingerprint density at radius 1 is 0.975 bits per heavy atom. The molecule has 1 saturated carbocycles. The Hall–Kier alpha value is -4.46. The number of H-pyrrole nitrogens is 1. The van der Waals surface area contributed by atoms with Gasteiger partial charge in [0.25, 0.3) is 0 Å². The fraction of sp³-hybridized carbons (Fsp3) is 0.312. The van der Waals surface area contributed by atoms with Gasteiger partial charge in [0.05, 0.1) is 26.3 Å². The number of phenols is 1. The zero-order chi connectivity index (χ0) is 28.1. The van der Waals surface area contributed by atoms with Gasteiger partial charge < -0.3 is 24.9 Å². The summed E-state index contributed by atoms with van der Waals surface area (Å²) in [7, 11) is 3.09. The topological polar surface area (TPSA) is 104 Å². The van der Waals surface area contributed by atoms with Crippen molar-refractivity contribution in [1.82, 2.24) is 10.3 Å². The van der Waals surface area contributed by atoms with Crippen molar-refractivity contribution >= 4 is 28.4 Å². The highest BCUT2D eigenvalue weighted by molar-refractivity contribution is 6.03. The molecule has 1 heterocycles. The number of amides is 2. The summed E-state index contributed by atoms with van der Waals surface area (Å²) in [5, 5.41) is 14.2. The highest BCUT2D eigenvalue weighted by Gasteiger charge is 2.35. The van der Waals surface area contributed by atoms with Gasteiger partial charge in [-0.3, -0.25) is 14.5 Å². The number of fused-ring (bicyclic) bond motifs is 1. The Morgan fingerprint density at radius 3 is 2.33 bits per heavy atom. The predicted molar refractivity (Wildman–Crippen MR) is 155 cm³/mol. The molecule has 0 bridgehead atoms. The SMILES string of the molecule is COc1cc(OC)cc(N(C(=O)Cc2c[nH]c3ccccc23)C(C(=O)NC2CCCCC2)c2ccc(O)cc2)c1. The minimum atomic E-state index is -0.989. The summed E-state index contributed by atoms with van der Waals surface area (Å²) in [5.74, 6) is 0.534. The maximum absolute atomic E-state index is 14.3. The fourth-order valence-corrected chi connectivity index (χ4v) is 5.50. The lowest BCUT2D eigenvalue weighted by Crippen LogP contribution is -2.47. The molecule has 1 aromatic heterocycles. The van der Waals surface area contributed by atoms with Crippen molar-refractivity contribution in [1.29, 1.82) is 0 Å². The van der Waals surface area contributed by atoms with Crippen LogP contribution < -0.4 is 19.7 Å². The Kier molecular flexibility index (Phi) is 8.24. The number of ether oxygens (including phenoxy) is 2. The van der Waals surface area contributed by atoms with Crippen LogP contribution in [0.3, 0.4) is 0 Å². The number of aromatic nitrogens is 1. The lowest BCUT2D eigenvalue weighted by Gasteiger charge is -2.34. The number of methoxy groups -OCH3 is 2. The Labute approximate surface area is 233 Å². The number of aromatic hydroxyl groups is 1. The van der Waals surface area contributed by atoms with Crippen LogP contribution in [0.15, 0.2) is 72.9 Å². The summed E-state index contributed by atoms with van der Waals surface area (Å²) in [4.78, 5) is 33.2. The largest absolute Gasteiger partial charge is 0.508 e. The molecule has 3 N–H and O–H groups in total. The van der Waals surface area contributed by atoms with Crippen molar-refractivity contribution in [2.24, 2.45) is 0 Å². The average molecular weight is 542 g/mol. The van der Waals surface area contributed by atoms with E-state index in [1.165, 1.54) is 17.0 Å². The lowest BCUT2D eigenvalue weighted by molar-refractivity contribution is -0.127. The predicted octanol–water partition coefficient (Wildman–Crippen LogP) is 5.66. The Balaban J connectivity index is 1.61. The second-order valence-electron chi connectivity index (χ2n) is 10.2. The Bertz CT molecular complexity index is 1450. The molecule has 1 atom stereocenters. The molecule has 40 heavy (non-hydrogen) atoms. The standard InChI is InChI=1S/C32H35N3O5/c1-39-26-17-24(18-27(19-26)40-2)35(30(37)16-22-20-33-29-11-7-6-10-28(22)29)31(21-12-14-25(36)15-13-21)32(38)34-23-8-4-3-5-9-23/h6-7,10-15,17-20,23,31,33,36H,3-5,8-9,16H2,1-2H3,(H,34,38). The molecule has 1 unspecified atom stereocenters. The number of phenolic OH excluding ortho intramolecular Hbond substituents is 1. The molecule has 0 saturated heterocycles. The monoisotopic (exact) mass is 541 g/mol. The number of benzene rings is 3. The molecule has 4 aromatic rings. The van der Waals surface area contributed by atoms with Gasteiger partial charge in [-0.25, -0.2) is 0 Å². The average Bonchev–Trinajstić information content (AvgIpc) is 3.39. The van der Waals surface area contributed by atoms with E-state index in [0.29, 0.717) is 22.7 Å². The third-order valence-electron chi connectivity index (χ3n) is 7.57. The van der Waals surface area contributed by atoms with Crippen LogP contribution in [-0.2, 0) is 16.0 Å². The number of carbonyl (C=O) groups excluding carboxylic acids is 2. The first-order valence-corrected chi connectivity index (χ1v) is 13.7. The minimum Gasteiger partial charge on any atom is -0.508 e. The van der Waals surface area contributed by atoms with E-state index in [9.17, 15) is 14.7 Å². The van der Waals surface area contributed by atoms with Crippen molar-refractivity contribution in [3.8, 4) is 17.2 Å². The van der Waals surface area contributed by atoms with Crippen molar-refractivity contribution in [2.75, 3.05) is 19.1 Å². The van der Waals surface area contributed by atoms with Crippen LogP contribution in [0.1, 0.15) is 49.3 Å². The second kappa shape index (κ2) is 12.2. The number of aromatic amines is 1. The van der Waals surface area contributed by atoms with Crippen molar-refractivity contribution in [3.05, 3.63) is 84.1 Å². The summed E-state index contributed by atoms with van der Waals surface area (Å²) in [6.07, 6.45) is 7.00. The van der Waals surface area contributed by atoms with Crippen LogP contribution in [-0.4, -0.2) is 42.2 Å². The van der Waals surface area contributed by atoms with Crippen LogP contribution >= 0.6 is 0 Å². The summed E-state index contributed by atoms with van der Waals surface area (Å²) >= 11 is 0. The third-order valence-corrected chi connectivity index (χ3v) is 7.57. The van der Waals surface area contributed by atoms with Crippen molar-refractivity contribution < 1.29 is 24.2 Å². The second-order valence-corrected chi connectivity index (χ2v) is 10.2. The summed E-state index contributed by atoms with van der Waals surface area (Å²) in [6, 6.07) is 18.5. The maximum Gasteiger partial charge on any atom is 0.248 e. The summed E-state index contributed by atoms with van der Waals surface area (Å²) in [6.45, 7) is 0. The van der Waals surface area contributed by atoms with Crippen molar-refractivity contribution in [3.63, 3.8) is 0 Å². The molecular formula is C32H35N3O5. The zero-order valence-corrected chi connectivity index (χ0v) is 22.9. The van der Waals surface area contributed by atoms with Gasteiger partial charge >= 0.3 is 0 Å². The van der Waals surface area contributed by atoms with Crippen LogP contribution in [0, 0.1) is 0 Å². The molecule has 0 radical (unpaired) electrons. The molecule has 208 valence electrons. The van der Waals surface area contributed by atoms with Gasteiger partial charge in [-0.15, -0.1) is 0 Å². The molecule has 1 fully saturated rings. The fourth-order valence-electron chi connectivity index (χ4n) is 5.50. The van der Waals surface area contributed by atoms with E-state index in [1.807, 2.05) is 30.5 Å². The van der Waals surface area contributed by atoms with Gasteiger partial charge in [-0.1, -0.05) is 49.6 Å². The number of carbonyl (C=O) groups is 2. The number of nitrogens with zero attached hydrogens (tertiary/aromatic N) is 1. The van der Waals surface area contributed by atoms with Gasteiger partial charge in [0, 0.05) is 41.3 Å². The van der Waals surface area contributed by atoms with E-state index < -0.39 is 6.04 Å². The molecule has 1 aliphatic carbocycles. The van der Waals surface area contributed by atoms with E-state index in [0.717, 1.165) is 48.6 Å². The van der Waals surface area contributed by atoms with Crippen LogP contribution in [0.25, 0.3) is 10.9 Å². The molecule has 5 rings (SSSR count). The molecule has 8 nitrogen and oxygen atoms in total. The van der Waals surface area contributed by atoms with Gasteiger partial charge in [-0.2, -0.15) is 0 Å². The highest BCUT2D eigenvalue weighted by Crippen LogP contribution is 2.36. The smallest absolute Gasteiger partial charge is 0.248 e. The minimum absolute atomic E-state index is 0.0475. The van der Waals surface area contributed by atoms with Gasteiger partial charge in [0.1, 0.15) is 23.3 Å². The number of para-hydroxylation sites is 1. The first kappa shape index (κ1) is 27.1. The zero-order valence-electron chi connectivity index (χ0n) is 22.9. The first-order chi connectivity index (χ1) is 19.5. The molecule has 2 amide bonds. The quantitative estimate of drug-likeness (QED) is 0.254. The van der Waals surface area contributed by atoms with E-state index >= 15 is 0 Å². The van der Waals surface area contributed by atoms with E-state index in [4.69, 9.17) is 9.47 Å². The Morgan fingerprint density at radius 2 is 1.65 bits per heavy atom. The lowest BCUT2D eigenvalue weighted by atomic mass is 9.94. The third kappa shape index (κ3) is 5.91. The van der Waals surface area contributed by atoms with E-state index in [2.05, 4.69) is 10.3 Å². The molecule has 0 aliphatic heterocycles.